The van der Waals surface area contributed by atoms with Gasteiger partial charge in [0, 0.05) is 10.6 Å². The lowest BCUT2D eigenvalue weighted by Crippen LogP contribution is -2.33. The van der Waals surface area contributed by atoms with Crippen LogP contribution in [0.2, 0.25) is 5.02 Å². The quantitative estimate of drug-likeness (QED) is 0.890. The Hall–Kier alpha value is -0.710. The van der Waals surface area contributed by atoms with Gasteiger partial charge in [-0.15, -0.1) is 0 Å². The molecule has 0 aliphatic heterocycles. The lowest BCUT2D eigenvalue weighted by atomic mass is 9.90. The summed E-state index contributed by atoms with van der Waals surface area (Å²) in [6, 6.07) is 0.980. The van der Waals surface area contributed by atoms with Gasteiger partial charge in [-0.05, 0) is 30.9 Å². The molecular weight excluding hydrogens is 260 g/mol. The average Bonchev–Trinajstić information content (AvgIpc) is 2.79. The molecule has 0 bridgehead atoms. The molecule has 0 saturated heterocycles. The Morgan fingerprint density at radius 1 is 1.22 bits per heavy atom. The van der Waals surface area contributed by atoms with Crippen LogP contribution in [0.25, 0.3) is 0 Å². The smallest absolute Gasteiger partial charge is 0.132 e. The maximum atomic E-state index is 13.7. The van der Waals surface area contributed by atoms with Gasteiger partial charge in [0.2, 0.25) is 0 Å². The van der Waals surface area contributed by atoms with E-state index in [0.717, 1.165) is 37.8 Å². The van der Waals surface area contributed by atoms with E-state index in [1.807, 2.05) is 0 Å². The van der Waals surface area contributed by atoms with Crippen LogP contribution in [0.3, 0.4) is 0 Å². The fraction of sp³-hybridized carbons (Fsp3) is 0.538. The molecule has 0 amide bonds. The molecule has 0 radical (unpaired) electrons. The fourth-order valence-corrected chi connectivity index (χ4v) is 2.83. The normalized spacial score (nSPS) is 20.1. The molecule has 2 rings (SSSR count). The van der Waals surface area contributed by atoms with Crippen molar-refractivity contribution < 1.29 is 13.9 Å². The van der Waals surface area contributed by atoms with E-state index in [2.05, 4.69) is 0 Å². The molecule has 5 heteroatoms. The van der Waals surface area contributed by atoms with E-state index < -0.39 is 23.8 Å². The summed E-state index contributed by atoms with van der Waals surface area (Å²) in [6.45, 7) is 0. The molecular formula is C13H16ClF2NO. The second-order valence-corrected chi connectivity index (χ2v) is 5.28. The Balaban J connectivity index is 2.24. The van der Waals surface area contributed by atoms with Crippen molar-refractivity contribution in [3.63, 3.8) is 0 Å². The van der Waals surface area contributed by atoms with E-state index in [4.69, 9.17) is 17.3 Å². The van der Waals surface area contributed by atoms with E-state index >= 15 is 0 Å². The number of benzene rings is 1. The predicted molar refractivity (Wildman–Crippen MR) is 66.3 cm³/mol. The Morgan fingerprint density at radius 2 is 1.72 bits per heavy atom. The molecule has 1 aliphatic carbocycles. The minimum atomic E-state index is -1.05. The van der Waals surface area contributed by atoms with Crippen molar-refractivity contribution in [2.45, 2.75) is 37.8 Å². The van der Waals surface area contributed by atoms with E-state index in [0.29, 0.717) is 0 Å². The number of aliphatic hydroxyl groups is 1. The highest BCUT2D eigenvalue weighted by Crippen LogP contribution is 2.34. The minimum Gasteiger partial charge on any atom is -0.391 e. The molecule has 1 saturated carbocycles. The third kappa shape index (κ3) is 2.66. The van der Waals surface area contributed by atoms with Crippen molar-refractivity contribution in [1.82, 2.24) is 0 Å². The third-order valence-corrected chi connectivity index (χ3v) is 3.85. The summed E-state index contributed by atoms with van der Waals surface area (Å²) in [4.78, 5) is 0. The minimum absolute atomic E-state index is 0.0173. The molecule has 0 unspecified atom stereocenters. The van der Waals surface area contributed by atoms with Crippen molar-refractivity contribution in [3.05, 3.63) is 34.4 Å². The molecule has 3 N–H and O–H groups in total. The molecule has 100 valence electrons. The maximum Gasteiger partial charge on any atom is 0.132 e. The molecule has 1 aromatic carbocycles. The molecule has 1 aromatic rings. The zero-order valence-electron chi connectivity index (χ0n) is 9.87. The Kier molecular flexibility index (Phi) is 4.20. The first-order valence-electron chi connectivity index (χ1n) is 6.09. The van der Waals surface area contributed by atoms with Crippen LogP contribution in [0, 0.1) is 17.6 Å². The first-order valence-corrected chi connectivity index (χ1v) is 6.46. The molecule has 0 spiro atoms. The first kappa shape index (κ1) is 13.7. The summed E-state index contributed by atoms with van der Waals surface area (Å²) < 4.78 is 27.4. The Morgan fingerprint density at radius 3 is 2.22 bits per heavy atom. The van der Waals surface area contributed by atoms with Crippen LogP contribution in [0.1, 0.15) is 37.3 Å². The van der Waals surface area contributed by atoms with Crippen LogP contribution in [0.5, 0.6) is 0 Å². The lowest BCUT2D eigenvalue weighted by molar-refractivity contribution is 0.0819. The van der Waals surface area contributed by atoms with Crippen LogP contribution in [0.4, 0.5) is 8.78 Å². The summed E-state index contributed by atoms with van der Waals surface area (Å²) in [5, 5.41) is 10.1. The summed E-state index contributed by atoms with van der Waals surface area (Å²) in [6.07, 6.45) is 2.84. The summed E-state index contributed by atoms with van der Waals surface area (Å²) in [5.41, 5.74) is 5.52. The Labute approximate surface area is 110 Å². The van der Waals surface area contributed by atoms with Gasteiger partial charge in [-0.1, -0.05) is 24.4 Å². The van der Waals surface area contributed by atoms with Crippen molar-refractivity contribution >= 4 is 11.6 Å². The van der Waals surface area contributed by atoms with Gasteiger partial charge in [0.05, 0.1) is 12.1 Å². The van der Waals surface area contributed by atoms with E-state index in [9.17, 15) is 13.9 Å². The topological polar surface area (TPSA) is 46.2 Å². The monoisotopic (exact) mass is 275 g/mol. The predicted octanol–water partition coefficient (Wildman–Crippen LogP) is 3.17. The molecule has 1 aliphatic rings. The average molecular weight is 276 g/mol. The number of nitrogens with two attached hydrogens (primary N) is 1. The number of aliphatic hydroxyl groups excluding tert-OH is 1. The van der Waals surface area contributed by atoms with Crippen molar-refractivity contribution in [2.75, 3.05) is 0 Å². The third-order valence-electron chi connectivity index (χ3n) is 3.63. The van der Waals surface area contributed by atoms with Crippen LogP contribution in [-0.4, -0.2) is 11.2 Å². The molecule has 2 nitrogen and oxygen atoms in total. The van der Waals surface area contributed by atoms with Gasteiger partial charge >= 0.3 is 0 Å². The number of halogens is 3. The standard InChI is InChI=1S/C13H16ClF2NO/c14-8-5-9(15)11(10(16)6-8)12(17)13(18)7-3-1-2-4-7/h5-7,12-13,18H,1-4,17H2/t12-,13+/m0/s1. The second kappa shape index (κ2) is 5.51. The zero-order valence-corrected chi connectivity index (χ0v) is 10.6. The maximum absolute atomic E-state index is 13.7. The van der Waals surface area contributed by atoms with Gasteiger partial charge in [-0.25, -0.2) is 8.78 Å². The van der Waals surface area contributed by atoms with Gasteiger partial charge in [0.1, 0.15) is 11.6 Å². The molecule has 0 heterocycles. The molecule has 2 atom stereocenters. The lowest BCUT2D eigenvalue weighted by Gasteiger charge is -2.25. The van der Waals surface area contributed by atoms with E-state index in [1.165, 1.54) is 0 Å². The Bertz CT molecular complexity index is 412. The summed E-state index contributed by atoms with van der Waals surface area (Å²) in [7, 11) is 0. The van der Waals surface area contributed by atoms with Crippen LogP contribution < -0.4 is 5.73 Å². The van der Waals surface area contributed by atoms with Crippen molar-refractivity contribution in [2.24, 2.45) is 11.7 Å². The van der Waals surface area contributed by atoms with Crippen LogP contribution in [0.15, 0.2) is 12.1 Å². The fourth-order valence-electron chi connectivity index (χ4n) is 2.63. The first-order chi connectivity index (χ1) is 8.50. The highest BCUT2D eigenvalue weighted by molar-refractivity contribution is 6.30. The van der Waals surface area contributed by atoms with Crippen molar-refractivity contribution in [1.29, 1.82) is 0 Å². The molecule has 1 fully saturated rings. The number of hydrogen-bond donors (Lipinski definition) is 2. The second-order valence-electron chi connectivity index (χ2n) is 4.84. The highest BCUT2D eigenvalue weighted by Gasteiger charge is 2.31. The largest absolute Gasteiger partial charge is 0.391 e. The number of hydrogen-bond acceptors (Lipinski definition) is 2. The van der Waals surface area contributed by atoms with Crippen LogP contribution in [-0.2, 0) is 0 Å². The molecule has 18 heavy (non-hydrogen) atoms. The summed E-state index contributed by atoms with van der Waals surface area (Å²) in [5.74, 6) is -1.58. The van der Waals surface area contributed by atoms with Gasteiger partial charge < -0.3 is 10.8 Å². The van der Waals surface area contributed by atoms with E-state index in [1.54, 1.807) is 0 Å². The van der Waals surface area contributed by atoms with Gasteiger partial charge in [0.15, 0.2) is 0 Å². The van der Waals surface area contributed by atoms with Crippen LogP contribution >= 0.6 is 11.6 Å². The van der Waals surface area contributed by atoms with Gasteiger partial charge in [-0.3, -0.25) is 0 Å². The van der Waals surface area contributed by atoms with E-state index in [-0.39, 0.29) is 16.5 Å². The summed E-state index contributed by atoms with van der Waals surface area (Å²) >= 11 is 5.55. The number of rotatable bonds is 3. The van der Waals surface area contributed by atoms with Gasteiger partial charge in [0.25, 0.3) is 0 Å². The SMILES string of the molecule is N[C@@H](c1c(F)cc(Cl)cc1F)[C@H](O)C1CCCC1. The zero-order chi connectivity index (χ0) is 13.3. The van der Waals surface area contributed by atoms with Crippen molar-refractivity contribution in [3.8, 4) is 0 Å². The highest BCUT2D eigenvalue weighted by atomic mass is 35.5. The van der Waals surface area contributed by atoms with Gasteiger partial charge in [-0.2, -0.15) is 0 Å². The molecule has 0 aromatic heterocycles.